The van der Waals surface area contributed by atoms with Crippen LogP contribution in [0.3, 0.4) is 0 Å². The number of fused-ring (bicyclic) bond motifs is 1. The van der Waals surface area contributed by atoms with Crippen molar-refractivity contribution in [3.8, 4) is 0 Å². The quantitative estimate of drug-likeness (QED) is 0.906. The molecule has 3 rings (SSSR count). The van der Waals surface area contributed by atoms with E-state index in [1.807, 2.05) is 0 Å². The van der Waals surface area contributed by atoms with Gasteiger partial charge in [0.2, 0.25) is 0 Å². The van der Waals surface area contributed by atoms with Gasteiger partial charge in [-0.05, 0) is 49.1 Å². The van der Waals surface area contributed by atoms with Crippen LogP contribution >= 0.6 is 0 Å². The lowest BCUT2D eigenvalue weighted by Crippen LogP contribution is -2.44. The van der Waals surface area contributed by atoms with Crippen molar-refractivity contribution in [3.63, 3.8) is 0 Å². The van der Waals surface area contributed by atoms with Gasteiger partial charge in [-0.25, -0.2) is 0 Å². The number of hydrogen-bond acceptors (Lipinski definition) is 2. The Bertz CT molecular complexity index is 604. The van der Waals surface area contributed by atoms with Gasteiger partial charge in [0.15, 0.2) is 0 Å². The molecule has 0 saturated carbocycles. The fraction of sp³-hybridized carbons (Fsp3) is 0.474. The summed E-state index contributed by atoms with van der Waals surface area (Å²) in [7, 11) is 0. The third-order valence-corrected chi connectivity index (χ3v) is 4.57. The maximum atomic E-state index is 6.23. The molecule has 0 amide bonds. The second-order valence-electron chi connectivity index (χ2n) is 6.25. The Morgan fingerprint density at radius 3 is 2.86 bits per heavy atom. The van der Waals surface area contributed by atoms with Crippen LogP contribution in [-0.4, -0.2) is 19.2 Å². The van der Waals surface area contributed by atoms with Gasteiger partial charge in [0, 0.05) is 12.6 Å². The molecule has 1 fully saturated rings. The summed E-state index contributed by atoms with van der Waals surface area (Å²) in [5.41, 5.74) is 1.13. The van der Waals surface area contributed by atoms with Gasteiger partial charge in [0.25, 0.3) is 0 Å². The van der Waals surface area contributed by atoms with Crippen molar-refractivity contribution in [2.45, 2.75) is 44.8 Å². The second-order valence-corrected chi connectivity index (χ2v) is 6.25. The maximum absolute atomic E-state index is 6.23. The third-order valence-electron chi connectivity index (χ3n) is 4.57. The Morgan fingerprint density at radius 2 is 2.00 bits per heavy atom. The minimum Gasteiger partial charge on any atom is -0.370 e. The Kier molecular flexibility index (Phi) is 4.27. The standard InChI is InChI=1S/C19H25NO/c1-3-12-20-16-11-13-21-19(2,14-16)18-10-6-8-15-7-4-5-9-17(15)18/h4-10,16,20H,3,11-14H2,1-2H3. The molecular formula is C19H25NO. The number of rotatable bonds is 4. The Balaban J connectivity index is 1.92. The van der Waals surface area contributed by atoms with E-state index < -0.39 is 0 Å². The minimum atomic E-state index is -0.190. The van der Waals surface area contributed by atoms with Crippen LogP contribution in [0.5, 0.6) is 0 Å². The highest BCUT2D eigenvalue weighted by atomic mass is 16.5. The van der Waals surface area contributed by atoms with E-state index in [2.05, 4.69) is 61.6 Å². The summed E-state index contributed by atoms with van der Waals surface area (Å²) in [6, 6.07) is 15.7. The van der Waals surface area contributed by atoms with Crippen LogP contribution < -0.4 is 5.32 Å². The second kappa shape index (κ2) is 6.17. The van der Waals surface area contributed by atoms with E-state index >= 15 is 0 Å². The van der Waals surface area contributed by atoms with Gasteiger partial charge < -0.3 is 10.1 Å². The van der Waals surface area contributed by atoms with E-state index in [0.29, 0.717) is 6.04 Å². The summed E-state index contributed by atoms with van der Waals surface area (Å²) >= 11 is 0. The van der Waals surface area contributed by atoms with Crippen LogP contribution in [0, 0.1) is 0 Å². The van der Waals surface area contributed by atoms with Crippen LogP contribution in [0.2, 0.25) is 0 Å². The van der Waals surface area contributed by atoms with Gasteiger partial charge in [-0.15, -0.1) is 0 Å². The number of ether oxygens (including phenoxy) is 1. The summed E-state index contributed by atoms with van der Waals surface area (Å²) in [6.45, 7) is 6.39. The number of nitrogens with one attached hydrogen (secondary N) is 1. The molecule has 2 heteroatoms. The lowest BCUT2D eigenvalue weighted by atomic mass is 9.83. The lowest BCUT2D eigenvalue weighted by molar-refractivity contribution is -0.0802. The molecule has 2 atom stereocenters. The van der Waals surface area contributed by atoms with Gasteiger partial charge >= 0.3 is 0 Å². The van der Waals surface area contributed by atoms with E-state index in [1.54, 1.807) is 0 Å². The highest BCUT2D eigenvalue weighted by molar-refractivity contribution is 5.86. The predicted molar refractivity (Wildman–Crippen MR) is 88.6 cm³/mol. The van der Waals surface area contributed by atoms with E-state index in [1.165, 1.54) is 22.8 Å². The first kappa shape index (κ1) is 14.6. The first-order valence-corrected chi connectivity index (χ1v) is 8.08. The zero-order valence-electron chi connectivity index (χ0n) is 13.1. The van der Waals surface area contributed by atoms with Crippen LogP contribution in [-0.2, 0) is 10.3 Å². The molecule has 0 spiro atoms. The van der Waals surface area contributed by atoms with Crippen LogP contribution in [0.25, 0.3) is 10.8 Å². The number of benzene rings is 2. The monoisotopic (exact) mass is 283 g/mol. The molecule has 1 heterocycles. The average Bonchev–Trinajstić information content (AvgIpc) is 2.52. The minimum absolute atomic E-state index is 0.190. The highest BCUT2D eigenvalue weighted by Gasteiger charge is 2.35. The summed E-state index contributed by atoms with van der Waals surface area (Å²) < 4.78 is 6.23. The van der Waals surface area contributed by atoms with Crippen molar-refractivity contribution in [2.24, 2.45) is 0 Å². The van der Waals surface area contributed by atoms with Gasteiger partial charge in [-0.3, -0.25) is 0 Å². The Morgan fingerprint density at radius 1 is 1.19 bits per heavy atom. The SMILES string of the molecule is CCCNC1CCOC(C)(c2cccc3ccccc23)C1. The summed E-state index contributed by atoms with van der Waals surface area (Å²) in [6.07, 6.45) is 3.34. The first-order valence-electron chi connectivity index (χ1n) is 8.08. The zero-order valence-corrected chi connectivity index (χ0v) is 13.1. The largest absolute Gasteiger partial charge is 0.370 e. The molecule has 2 unspecified atom stereocenters. The molecule has 112 valence electrons. The van der Waals surface area contributed by atoms with Crippen molar-refractivity contribution in [1.82, 2.24) is 5.32 Å². The fourth-order valence-corrected chi connectivity index (χ4v) is 3.45. The third kappa shape index (κ3) is 2.97. The van der Waals surface area contributed by atoms with Crippen molar-refractivity contribution >= 4 is 10.8 Å². The molecule has 1 saturated heterocycles. The molecular weight excluding hydrogens is 258 g/mol. The van der Waals surface area contributed by atoms with Gasteiger partial charge in [-0.2, -0.15) is 0 Å². The molecule has 0 aliphatic carbocycles. The zero-order chi connectivity index (χ0) is 14.7. The Hall–Kier alpha value is -1.38. The molecule has 2 aromatic carbocycles. The van der Waals surface area contributed by atoms with Crippen LogP contribution in [0.4, 0.5) is 0 Å². The number of hydrogen-bond donors (Lipinski definition) is 1. The van der Waals surface area contributed by atoms with E-state index in [4.69, 9.17) is 4.74 Å². The fourth-order valence-electron chi connectivity index (χ4n) is 3.45. The van der Waals surface area contributed by atoms with E-state index in [9.17, 15) is 0 Å². The van der Waals surface area contributed by atoms with Gasteiger partial charge in [-0.1, -0.05) is 49.4 Å². The summed E-state index contributed by atoms with van der Waals surface area (Å²) in [4.78, 5) is 0. The molecule has 1 aliphatic heterocycles. The van der Waals surface area contributed by atoms with Crippen molar-refractivity contribution in [3.05, 3.63) is 48.0 Å². The molecule has 2 nitrogen and oxygen atoms in total. The first-order chi connectivity index (χ1) is 10.2. The van der Waals surface area contributed by atoms with Gasteiger partial charge in [0.05, 0.1) is 5.60 Å². The smallest absolute Gasteiger partial charge is 0.0924 e. The molecule has 21 heavy (non-hydrogen) atoms. The topological polar surface area (TPSA) is 21.3 Å². The van der Waals surface area contributed by atoms with Crippen LogP contribution in [0.15, 0.2) is 42.5 Å². The molecule has 0 aromatic heterocycles. The Labute approximate surface area is 127 Å². The molecule has 1 aliphatic rings. The summed E-state index contributed by atoms with van der Waals surface area (Å²) in [5.74, 6) is 0. The van der Waals surface area contributed by atoms with E-state index in [-0.39, 0.29) is 5.60 Å². The van der Waals surface area contributed by atoms with Crippen molar-refractivity contribution in [2.75, 3.05) is 13.2 Å². The summed E-state index contributed by atoms with van der Waals surface area (Å²) in [5, 5.41) is 6.28. The molecule has 0 radical (unpaired) electrons. The molecule has 0 bridgehead atoms. The van der Waals surface area contributed by atoms with E-state index in [0.717, 1.165) is 26.0 Å². The van der Waals surface area contributed by atoms with Crippen LogP contribution in [0.1, 0.15) is 38.7 Å². The maximum Gasteiger partial charge on any atom is 0.0924 e. The van der Waals surface area contributed by atoms with Crippen molar-refractivity contribution in [1.29, 1.82) is 0 Å². The van der Waals surface area contributed by atoms with Crippen molar-refractivity contribution < 1.29 is 4.74 Å². The normalized spacial score (nSPS) is 26.1. The highest BCUT2D eigenvalue weighted by Crippen LogP contribution is 2.38. The molecule has 2 aromatic rings. The average molecular weight is 283 g/mol. The molecule has 1 N–H and O–H groups in total. The predicted octanol–water partition coefficient (Wildman–Crippen LogP) is 4.23. The lowest BCUT2D eigenvalue weighted by Gasteiger charge is -2.39. The van der Waals surface area contributed by atoms with Gasteiger partial charge in [0.1, 0.15) is 0 Å².